The van der Waals surface area contributed by atoms with Crippen LogP contribution in [0.1, 0.15) is 19.3 Å². The summed E-state index contributed by atoms with van der Waals surface area (Å²) in [6.45, 7) is 1.38. The number of rotatable bonds is 6. The Bertz CT molecular complexity index is 201. The molecule has 1 aliphatic rings. The van der Waals surface area contributed by atoms with Crippen molar-refractivity contribution >= 4 is 11.8 Å². The Kier molecular flexibility index (Phi) is 5.92. The molecule has 0 aromatic rings. The van der Waals surface area contributed by atoms with Gasteiger partial charge in [-0.1, -0.05) is 6.42 Å². The third-order valence-corrected chi connectivity index (χ3v) is 3.64. The van der Waals surface area contributed by atoms with Gasteiger partial charge in [-0.05, 0) is 43.0 Å². The van der Waals surface area contributed by atoms with E-state index < -0.39 is 5.51 Å². The van der Waals surface area contributed by atoms with Crippen LogP contribution < -0.4 is 5.73 Å². The predicted molar refractivity (Wildman–Crippen MR) is 59.2 cm³/mol. The fourth-order valence-corrected chi connectivity index (χ4v) is 2.53. The summed E-state index contributed by atoms with van der Waals surface area (Å²) in [5.74, 6) is 0.917. The summed E-state index contributed by atoms with van der Waals surface area (Å²) in [5, 5.41) is 0. The molecule has 16 heavy (non-hydrogen) atoms. The quantitative estimate of drug-likeness (QED) is 0.743. The molecule has 0 aromatic heterocycles. The molecule has 0 heterocycles. The first kappa shape index (κ1) is 14.1. The van der Waals surface area contributed by atoms with E-state index in [-0.39, 0.29) is 24.1 Å². The zero-order valence-electron chi connectivity index (χ0n) is 9.13. The van der Waals surface area contributed by atoms with Gasteiger partial charge in [0.05, 0.1) is 6.61 Å². The first-order chi connectivity index (χ1) is 7.53. The van der Waals surface area contributed by atoms with Gasteiger partial charge in [0, 0.05) is 12.4 Å². The highest BCUT2D eigenvalue weighted by molar-refractivity contribution is 8.00. The van der Waals surface area contributed by atoms with Crippen molar-refractivity contribution in [1.82, 2.24) is 0 Å². The Morgan fingerprint density at radius 1 is 1.25 bits per heavy atom. The van der Waals surface area contributed by atoms with Crippen LogP contribution in [-0.2, 0) is 4.74 Å². The second-order valence-corrected chi connectivity index (χ2v) is 5.22. The van der Waals surface area contributed by atoms with E-state index in [1.54, 1.807) is 0 Å². The molecule has 0 saturated heterocycles. The number of hydrogen-bond acceptors (Lipinski definition) is 3. The van der Waals surface area contributed by atoms with Crippen LogP contribution in [0.25, 0.3) is 0 Å². The highest BCUT2D eigenvalue weighted by atomic mass is 32.2. The second kappa shape index (κ2) is 6.71. The summed E-state index contributed by atoms with van der Waals surface area (Å²) >= 11 is -0.0271. The van der Waals surface area contributed by atoms with E-state index in [0.717, 1.165) is 19.3 Å². The molecule has 0 aliphatic heterocycles. The van der Waals surface area contributed by atoms with Gasteiger partial charge >= 0.3 is 5.51 Å². The molecule has 0 aromatic carbocycles. The number of thioether (sulfide) groups is 1. The Morgan fingerprint density at radius 3 is 2.56 bits per heavy atom. The van der Waals surface area contributed by atoms with Gasteiger partial charge in [0.2, 0.25) is 0 Å². The molecule has 2 N–H and O–H groups in total. The number of alkyl halides is 3. The number of ether oxygens (including phenoxy) is 1. The molecule has 96 valence electrons. The second-order valence-electron chi connectivity index (χ2n) is 4.06. The first-order valence-corrected chi connectivity index (χ1v) is 6.50. The fraction of sp³-hybridized carbons (Fsp3) is 1.00. The Balaban J connectivity index is 2.03. The Morgan fingerprint density at radius 2 is 1.94 bits per heavy atom. The summed E-state index contributed by atoms with van der Waals surface area (Å²) < 4.78 is 40.6. The van der Waals surface area contributed by atoms with Gasteiger partial charge < -0.3 is 10.5 Å². The standard InChI is InChI=1S/C10H18F3NOS/c11-10(12,13)16-5-4-15-7-9-3-1-2-8(9)6-14/h8-9H,1-7,14H2. The van der Waals surface area contributed by atoms with Crippen LogP contribution in [0.2, 0.25) is 0 Å². The van der Waals surface area contributed by atoms with Crippen LogP contribution in [0.3, 0.4) is 0 Å². The summed E-state index contributed by atoms with van der Waals surface area (Å²) in [5.41, 5.74) is 1.46. The molecule has 6 heteroatoms. The summed E-state index contributed by atoms with van der Waals surface area (Å²) in [6, 6.07) is 0. The maximum absolute atomic E-state index is 11.8. The fourth-order valence-electron chi connectivity index (χ4n) is 2.09. The molecule has 0 spiro atoms. The smallest absolute Gasteiger partial charge is 0.380 e. The van der Waals surface area contributed by atoms with Crippen molar-refractivity contribution < 1.29 is 17.9 Å². The average molecular weight is 257 g/mol. The van der Waals surface area contributed by atoms with Gasteiger partial charge in [-0.25, -0.2) is 0 Å². The minimum Gasteiger partial charge on any atom is -0.380 e. The summed E-state index contributed by atoms with van der Waals surface area (Å²) in [6.07, 6.45) is 3.38. The molecule has 2 nitrogen and oxygen atoms in total. The van der Waals surface area contributed by atoms with Gasteiger partial charge in [-0.15, -0.1) is 0 Å². The van der Waals surface area contributed by atoms with Gasteiger partial charge in [0.25, 0.3) is 0 Å². The molecule has 2 atom stereocenters. The molecule has 1 saturated carbocycles. The molecule has 0 radical (unpaired) electrons. The molecule has 0 amide bonds. The monoisotopic (exact) mass is 257 g/mol. The summed E-state index contributed by atoms with van der Waals surface area (Å²) in [7, 11) is 0. The van der Waals surface area contributed by atoms with E-state index in [4.69, 9.17) is 10.5 Å². The van der Waals surface area contributed by atoms with E-state index in [1.165, 1.54) is 0 Å². The number of nitrogens with two attached hydrogens (primary N) is 1. The largest absolute Gasteiger partial charge is 0.441 e. The molecular weight excluding hydrogens is 239 g/mol. The van der Waals surface area contributed by atoms with E-state index >= 15 is 0 Å². The third-order valence-electron chi connectivity index (χ3n) is 2.94. The highest BCUT2D eigenvalue weighted by Crippen LogP contribution is 2.32. The van der Waals surface area contributed by atoms with Gasteiger partial charge in [-0.2, -0.15) is 13.2 Å². The van der Waals surface area contributed by atoms with Crippen LogP contribution in [0.5, 0.6) is 0 Å². The Hall–Kier alpha value is 0.0600. The van der Waals surface area contributed by atoms with Crippen molar-refractivity contribution in [3.05, 3.63) is 0 Å². The van der Waals surface area contributed by atoms with Crippen LogP contribution in [0, 0.1) is 11.8 Å². The molecule has 0 bridgehead atoms. The molecule has 2 unspecified atom stereocenters. The van der Waals surface area contributed by atoms with E-state index in [9.17, 15) is 13.2 Å². The lowest BCUT2D eigenvalue weighted by atomic mass is 9.97. The van der Waals surface area contributed by atoms with Gasteiger partial charge in [0.15, 0.2) is 0 Å². The van der Waals surface area contributed by atoms with Crippen molar-refractivity contribution in [2.75, 3.05) is 25.5 Å². The first-order valence-electron chi connectivity index (χ1n) is 5.51. The zero-order chi connectivity index (χ0) is 12.0. The zero-order valence-corrected chi connectivity index (χ0v) is 9.95. The lowest BCUT2D eigenvalue weighted by Gasteiger charge is -2.17. The molecule has 1 aliphatic carbocycles. The lowest BCUT2D eigenvalue weighted by Crippen LogP contribution is -2.22. The van der Waals surface area contributed by atoms with Crippen molar-refractivity contribution in [2.45, 2.75) is 24.8 Å². The van der Waals surface area contributed by atoms with Crippen molar-refractivity contribution in [1.29, 1.82) is 0 Å². The number of hydrogen-bond donors (Lipinski definition) is 1. The van der Waals surface area contributed by atoms with Gasteiger partial charge in [0.1, 0.15) is 0 Å². The SMILES string of the molecule is NCC1CCCC1COCCSC(F)(F)F. The molecule has 1 rings (SSSR count). The van der Waals surface area contributed by atoms with Crippen LogP contribution in [0.4, 0.5) is 13.2 Å². The normalized spacial score (nSPS) is 26.2. The molecular formula is C10H18F3NOS. The van der Waals surface area contributed by atoms with Crippen LogP contribution in [-0.4, -0.2) is 31.0 Å². The van der Waals surface area contributed by atoms with Crippen molar-refractivity contribution in [2.24, 2.45) is 17.6 Å². The summed E-state index contributed by atoms with van der Waals surface area (Å²) in [4.78, 5) is 0. The van der Waals surface area contributed by atoms with E-state index in [0.29, 0.717) is 25.0 Å². The predicted octanol–water partition coefficient (Wildman–Crippen LogP) is 2.63. The lowest BCUT2D eigenvalue weighted by molar-refractivity contribution is -0.0332. The third kappa shape index (κ3) is 5.41. The average Bonchev–Trinajstić information content (AvgIpc) is 2.63. The van der Waals surface area contributed by atoms with Gasteiger partial charge in [-0.3, -0.25) is 0 Å². The maximum atomic E-state index is 11.8. The molecule has 1 fully saturated rings. The van der Waals surface area contributed by atoms with Crippen molar-refractivity contribution in [3.63, 3.8) is 0 Å². The van der Waals surface area contributed by atoms with Crippen LogP contribution in [0.15, 0.2) is 0 Å². The topological polar surface area (TPSA) is 35.2 Å². The maximum Gasteiger partial charge on any atom is 0.441 e. The van der Waals surface area contributed by atoms with Crippen LogP contribution >= 0.6 is 11.8 Å². The van der Waals surface area contributed by atoms with Crippen molar-refractivity contribution in [3.8, 4) is 0 Å². The minimum absolute atomic E-state index is 0.0243. The highest BCUT2D eigenvalue weighted by Gasteiger charge is 2.28. The Labute approximate surface area is 98.1 Å². The van der Waals surface area contributed by atoms with E-state index in [1.807, 2.05) is 0 Å². The van der Waals surface area contributed by atoms with E-state index in [2.05, 4.69) is 0 Å². The minimum atomic E-state index is -4.14. The number of halogens is 3.